The van der Waals surface area contributed by atoms with E-state index in [1.807, 2.05) is 36.4 Å². The molecule has 0 bridgehead atoms. The van der Waals surface area contributed by atoms with E-state index in [9.17, 15) is 9.59 Å². The summed E-state index contributed by atoms with van der Waals surface area (Å²) in [4.78, 5) is 31.5. The fourth-order valence-corrected chi connectivity index (χ4v) is 4.85. The standard InChI is InChI=1S/C26H28N4O4/c1-25(33-2)10-9-19-14-30(15-20(19)12-25)17-26(23(31)28-24(32)29-26)21-5-7-22(8-6-21)34-16-18-4-3-11-27-13-18/h3-11,13H,12,14-17H2,1-2H3,(H2,28,29,31,32)/t25?,26-/m0/s1. The second-order valence-corrected chi connectivity index (χ2v) is 9.29. The van der Waals surface area contributed by atoms with Crippen LogP contribution in [-0.2, 0) is 21.7 Å². The number of hydrogen-bond acceptors (Lipinski definition) is 6. The van der Waals surface area contributed by atoms with Gasteiger partial charge in [0.1, 0.15) is 12.4 Å². The monoisotopic (exact) mass is 460 g/mol. The van der Waals surface area contributed by atoms with Crippen molar-refractivity contribution in [3.63, 3.8) is 0 Å². The van der Waals surface area contributed by atoms with Crippen molar-refractivity contribution in [2.75, 3.05) is 26.7 Å². The van der Waals surface area contributed by atoms with Gasteiger partial charge < -0.3 is 14.8 Å². The van der Waals surface area contributed by atoms with Crippen molar-refractivity contribution in [3.8, 4) is 5.75 Å². The highest BCUT2D eigenvalue weighted by molar-refractivity contribution is 6.07. The first-order valence-corrected chi connectivity index (χ1v) is 11.3. The quantitative estimate of drug-likeness (QED) is 0.618. The lowest BCUT2D eigenvalue weighted by Crippen LogP contribution is -2.52. The molecule has 3 aliphatic rings. The molecule has 34 heavy (non-hydrogen) atoms. The number of nitrogens with one attached hydrogen (secondary N) is 2. The Morgan fingerprint density at radius 2 is 1.97 bits per heavy atom. The summed E-state index contributed by atoms with van der Waals surface area (Å²) in [5.74, 6) is 0.332. The minimum absolute atomic E-state index is 0.308. The number of rotatable bonds is 7. The fourth-order valence-electron chi connectivity index (χ4n) is 4.85. The third kappa shape index (κ3) is 4.22. The molecule has 8 heteroatoms. The third-order valence-electron chi connectivity index (χ3n) is 6.81. The van der Waals surface area contributed by atoms with Crippen molar-refractivity contribution in [2.24, 2.45) is 0 Å². The summed E-state index contributed by atoms with van der Waals surface area (Å²) in [6.45, 7) is 4.29. The van der Waals surface area contributed by atoms with Crippen molar-refractivity contribution in [2.45, 2.75) is 31.1 Å². The summed E-state index contributed by atoms with van der Waals surface area (Å²) in [5.41, 5.74) is 2.78. The van der Waals surface area contributed by atoms with Crippen LogP contribution in [0.3, 0.4) is 0 Å². The Hall–Kier alpha value is -3.49. The van der Waals surface area contributed by atoms with Gasteiger partial charge in [0.05, 0.1) is 5.60 Å². The van der Waals surface area contributed by atoms with E-state index in [4.69, 9.17) is 9.47 Å². The predicted octanol–water partition coefficient (Wildman–Crippen LogP) is 2.67. The lowest BCUT2D eigenvalue weighted by Gasteiger charge is -2.32. The molecule has 0 saturated carbocycles. The summed E-state index contributed by atoms with van der Waals surface area (Å²) in [7, 11) is 1.72. The van der Waals surface area contributed by atoms with Crippen LogP contribution < -0.4 is 15.4 Å². The number of amides is 3. The Bertz CT molecular complexity index is 1160. The lowest BCUT2D eigenvalue weighted by atomic mass is 9.88. The average Bonchev–Trinajstić information content (AvgIpc) is 3.37. The molecular formula is C26H28N4O4. The smallest absolute Gasteiger partial charge is 0.322 e. The molecule has 2 atom stereocenters. The molecule has 8 nitrogen and oxygen atoms in total. The summed E-state index contributed by atoms with van der Waals surface area (Å²) < 4.78 is 11.5. The van der Waals surface area contributed by atoms with Crippen molar-refractivity contribution >= 4 is 11.9 Å². The minimum atomic E-state index is -1.16. The van der Waals surface area contributed by atoms with Crippen LogP contribution in [0.4, 0.5) is 4.79 Å². The van der Waals surface area contributed by atoms with Gasteiger partial charge in [0.2, 0.25) is 0 Å². The topological polar surface area (TPSA) is 92.8 Å². The molecule has 3 heterocycles. The van der Waals surface area contributed by atoms with Crippen LogP contribution >= 0.6 is 0 Å². The highest BCUT2D eigenvalue weighted by Gasteiger charge is 2.49. The van der Waals surface area contributed by atoms with Gasteiger partial charge in [-0.1, -0.05) is 30.4 Å². The first-order chi connectivity index (χ1) is 16.4. The highest BCUT2D eigenvalue weighted by atomic mass is 16.5. The van der Waals surface area contributed by atoms with E-state index in [-0.39, 0.29) is 11.5 Å². The van der Waals surface area contributed by atoms with Gasteiger partial charge in [-0.05, 0) is 41.8 Å². The molecule has 1 aliphatic carbocycles. The van der Waals surface area contributed by atoms with Crippen LogP contribution in [0.15, 0.2) is 72.1 Å². The fraction of sp³-hybridized carbons (Fsp3) is 0.346. The molecule has 5 rings (SSSR count). The summed E-state index contributed by atoms with van der Waals surface area (Å²) in [6, 6.07) is 10.7. The Morgan fingerprint density at radius 3 is 2.65 bits per heavy atom. The van der Waals surface area contributed by atoms with Crippen LogP contribution in [0.1, 0.15) is 24.5 Å². The molecule has 1 fully saturated rings. The number of ether oxygens (including phenoxy) is 2. The first-order valence-electron chi connectivity index (χ1n) is 11.3. The van der Waals surface area contributed by atoms with E-state index >= 15 is 0 Å². The van der Waals surface area contributed by atoms with E-state index in [1.54, 1.807) is 19.5 Å². The Kier molecular flexibility index (Phi) is 5.71. The Labute approximate surface area is 198 Å². The van der Waals surface area contributed by atoms with E-state index in [0.29, 0.717) is 24.5 Å². The maximum absolute atomic E-state index is 13.0. The zero-order valence-corrected chi connectivity index (χ0v) is 19.3. The number of urea groups is 1. The highest BCUT2D eigenvalue weighted by Crippen LogP contribution is 2.36. The maximum Gasteiger partial charge on any atom is 0.322 e. The summed E-state index contributed by atoms with van der Waals surface area (Å²) in [6.07, 6.45) is 8.52. The molecule has 2 N–H and O–H groups in total. The largest absolute Gasteiger partial charge is 0.489 e. The van der Waals surface area contributed by atoms with Crippen molar-refractivity contribution in [3.05, 3.63) is 83.2 Å². The molecular weight excluding hydrogens is 432 g/mol. The summed E-state index contributed by atoms with van der Waals surface area (Å²) in [5, 5.41) is 5.32. The number of hydrogen-bond donors (Lipinski definition) is 2. The molecule has 2 aliphatic heterocycles. The van der Waals surface area contributed by atoms with Gasteiger partial charge in [-0.3, -0.25) is 20.0 Å². The van der Waals surface area contributed by atoms with Crippen LogP contribution in [0.25, 0.3) is 0 Å². The zero-order valence-electron chi connectivity index (χ0n) is 19.3. The second-order valence-electron chi connectivity index (χ2n) is 9.29. The molecule has 1 aromatic carbocycles. The van der Waals surface area contributed by atoms with E-state index < -0.39 is 11.6 Å². The molecule has 1 aromatic heterocycles. The minimum Gasteiger partial charge on any atom is -0.489 e. The molecule has 0 spiro atoms. The molecule has 0 radical (unpaired) electrons. The molecule has 3 amide bonds. The van der Waals surface area contributed by atoms with Gasteiger partial charge in [0.25, 0.3) is 5.91 Å². The molecule has 1 saturated heterocycles. The molecule has 2 aromatic rings. The maximum atomic E-state index is 13.0. The third-order valence-corrected chi connectivity index (χ3v) is 6.81. The van der Waals surface area contributed by atoms with E-state index in [0.717, 1.165) is 25.1 Å². The van der Waals surface area contributed by atoms with Gasteiger partial charge in [0.15, 0.2) is 5.54 Å². The van der Waals surface area contributed by atoms with Crippen molar-refractivity contribution in [1.82, 2.24) is 20.5 Å². The Morgan fingerprint density at radius 1 is 1.15 bits per heavy atom. The number of methoxy groups -OCH3 is 1. The molecule has 176 valence electrons. The second kappa shape index (κ2) is 8.70. The zero-order chi connectivity index (χ0) is 23.8. The van der Waals surface area contributed by atoms with Gasteiger partial charge in [0, 0.05) is 51.1 Å². The number of nitrogens with zero attached hydrogens (tertiary/aromatic N) is 2. The first kappa shape index (κ1) is 22.3. The van der Waals surface area contributed by atoms with Crippen LogP contribution in [0.2, 0.25) is 0 Å². The summed E-state index contributed by atoms with van der Waals surface area (Å²) >= 11 is 0. The van der Waals surface area contributed by atoms with Crippen molar-refractivity contribution in [1.29, 1.82) is 0 Å². The Balaban J connectivity index is 1.32. The van der Waals surface area contributed by atoms with E-state index in [1.165, 1.54) is 11.1 Å². The number of carbonyl (C=O) groups excluding carboxylic acids is 2. The van der Waals surface area contributed by atoms with Crippen LogP contribution in [0, 0.1) is 0 Å². The van der Waals surface area contributed by atoms with Gasteiger partial charge in [-0.2, -0.15) is 0 Å². The SMILES string of the molecule is COC1(C)C=CC2=C(CN(C[C@@]3(c4ccc(OCc5cccnc5)cc4)NC(=O)NC3=O)C2)C1. The number of aromatic nitrogens is 1. The van der Waals surface area contributed by atoms with Gasteiger partial charge in [-0.25, -0.2) is 4.79 Å². The van der Waals surface area contributed by atoms with E-state index in [2.05, 4.69) is 39.6 Å². The van der Waals surface area contributed by atoms with Crippen LogP contribution in [-0.4, -0.2) is 54.2 Å². The van der Waals surface area contributed by atoms with Gasteiger partial charge in [-0.15, -0.1) is 0 Å². The number of benzene rings is 1. The number of pyridine rings is 1. The van der Waals surface area contributed by atoms with Crippen LogP contribution in [0.5, 0.6) is 5.75 Å². The molecule has 1 unspecified atom stereocenters. The van der Waals surface area contributed by atoms with Crippen molar-refractivity contribution < 1.29 is 19.1 Å². The average molecular weight is 461 g/mol. The lowest BCUT2D eigenvalue weighted by molar-refractivity contribution is -0.125. The number of carbonyl (C=O) groups is 2. The normalized spacial score (nSPS) is 26.4. The van der Waals surface area contributed by atoms with Gasteiger partial charge >= 0.3 is 6.03 Å². The number of imide groups is 1. The predicted molar refractivity (Wildman–Crippen MR) is 126 cm³/mol.